The van der Waals surface area contributed by atoms with Crippen molar-refractivity contribution in [2.24, 2.45) is 0 Å². The van der Waals surface area contributed by atoms with Crippen LogP contribution in [0.1, 0.15) is 15.9 Å². The highest BCUT2D eigenvalue weighted by molar-refractivity contribution is 6.06. The van der Waals surface area contributed by atoms with E-state index in [9.17, 15) is 9.18 Å². The number of aryl methyl sites for hydroxylation is 1. The summed E-state index contributed by atoms with van der Waals surface area (Å²) in [4.78, 5) is 12.2. The van der Waals surface area contributed by atoms with Gasteiger partial charge in [0.2, 0.25) is 0 Å². The van der Waals surface area contributed by atoms with Crippen molar-refractivity contribution in [2.75, 3.05) is 5.32 Å². The molecule has 100 valence electrons. The normalized spacial score (nSPS) is 10.7. The molecule has 3 rings (SSSR count). The van der Waals surface area contributed by atoms with Crippen molar-refractivity contribution in [3.8, 4) is 0 Å². The van der Waals surface area contributed by atoms with Gasteiger partial charge in [0.1, 0.15) is 5.82 Å². The van der Waals surface area contributed by atoms with Gasteiger partial charge in [-0.15, -0.1) is 0 Å². The number of carbonyl (C=O) groups is 1. The van der Waals surface area contributed by atoms with Crippen LogP contribution in [0.15, 0.2) is 42.6 Å². The topological polar surface area (TPSA) is 57.8 Å². The summed E-state index contributed by atoms with van der Waals surface area (Å²) in [6, 6.07) is 9.84. The number of aromatic amines is 1. The van der Waals surface area contributed by atoms with E-state index >= 15 is 0 Å². The first kappa shape index (κ1) is 12.3. The molecule has 0 saturated carbocycles. The van der Waals surface area contributed by atoms with E-state index in [-0.39, 0.29) is 11.6 Å². The Morgan fingerprint density at radius 1 is 1.30 bits per heavy atom. The molecule has 0 aliphatic heterocycles. The smallest absolute Gasteiger partial charge is 0.255 e. The van der Waals surface area contributed by atoms with E-state index in [4.69, 9.17) is 0 Å². The Hall–Kier alpha value is -2.69. The van der Waals surface area contributed by atoms with Gasteiger partial charge in [0, 0.05) is 10.9 Å². The van der Waals surface area contributed by atoms with Crippen molar-refractivity contribution in [1.82, 2.24) is 10.2 Å². The highest BCUT2D eigenvalue weighted by atomic mass is 19.1. The largest absolute Gasteiger partial charge is 0.319 e. The maximum absolute atomic E-state index is 13.7. The first-order valence-corrected chi connectivity index (χ1v) is 6.15. The fourth-order valence-electron chi connectivity index (χ4n) is 2.05. The van der Waals surface area contributed by atoms with E-state index < -0.39 is 5.82 Å². The Kier molecular flexibility index (Phi) is 2.95. The molecule has 0 atom stereocenters. The van der Waals surface area contributed by atoms with E-state index in [0.29, 0.717) is 11.1 Å². The third kappa shape index (κ3) is 2.14. The van der Waals surface area contributed by atoms with Crippen LogP contribution < -0.4 is 5.32 Å². The Morgan fingerprint density at radius 3 is 2.95 bits per heavy atom. The van der Waals surface area contributed by atoms with E-state index in [1.54, 1.807) is 43.5 Å². The molecule has 0 bridgehead atoms. The molecule has 2 aromatic carbocycles. The number of aromatic nitrogens is 2. The number of halogens is 1. The van der Waals surface area contributed by atoms with Crippen LogP contribution in [0.25, 0.3) is 10.9 Å². The number of carbonyl (C=O) groups excluding carboxylic acids is 1. The third-order valence-electron chi connectivity index (χ3n) is 3.16. The second kappa shape index (κ2) is 4.77. The van der Waals surface area contributed by atoms with Crippen molar-refractivity contribution in [3.05, 3.63) is 59.5 Å². The van der Waals surface area contributed by atoms with Crippen LogP contribution in [-0.2, 0) is 0 Å². The minimum Gasteiger partial charge on any atom is -0.319 e. The highest BCUT2D eigenvalue weighted by Gasteiger charge is 2.12. The van der Waals surface area contributed by atoms with Crippen molar-refractivity contribution < 1.29 is 9.18 Å². The monoisotopic (exact) mass is 269 g/mol. The summed E-state index contributed by atoms with van der Waals surface area (Å²) in [5.41, 5.74) is 2.11. The van der Waals surface area contributed by atoms with Gasteiger partial charge in [-0.3, -0.25) is 9.89 Å². The molecule has 3 aromatic rings. The summed E-state index contributed by atoms with van der Waals surface area (Å²) in [5.74, 6) is -0.796. The number of amides is 1. The number of H-pyrrole nitrogens is 1. The minimum atomic E-state index is -0.444. The fraction of sp³-hybridized carbons (Fsp3) is 0.0667. The highest BCUT2D eigenvalue weighted by Crippen LogP contribution is 2.20. The first-order valence-electron chi connectivity index (χ1n) is 6.15. The molecule has 5 heteroatoms. The molecule has 0 aliphatic rings. The second-order valence-corrected chi connectivity index (χ2v) is 4.56. The molecule has 1 aromatic heterocycles. The van der Waals surface area contributed by atoms with Gasteiger partial charge >= 0.3 is 0 Å². The van der Waals surface area contributed by atoms with Gasteiger partial charge in [-0.25, -0.2) is 4.39 Å². The van der Waals surface area contributed by atoms with Crippen LogP contribution >= 0.6 is 0 Å². The molecule has 0 fully saturated rings. The number of anilines is 1. The summed E-state index contributed by atoms with van der Waals surface area (Å²) in [6.45, 7) is 1.75. The summed E-state index contributed by atoms with van der Waals surface area (Å²) in [7, 11) is 0. The number of para-hydroxylation sites is 1. The van der Waals surface area contributed by atoms with Gasteiger partial charge in [0.15, 0.2) is 0 Å². The molecular formula is C15H12FN3O. The van der Waals surface area contributed by atoms with Crippen molar-refractivity contribution in [3.63, 3.8) is 0 Å². The Bertz CT molecular complexity index is 774. The number of fused-ring (bicyclic) bond motifs is 1. The van der Waals surface area contributed by atoms with Crippen LogP contribution in [0, 0.1) is 12.7 Å². The minimum absolute atomic E-state index is 0.210. The standard InChI is InChI=1S/C15H12FN3O/c1-9-3-2-4-12(16)14(9)18-15(20)10-5-6-11-8-17-19-13(11)7-10/h2-8H,1H3,(H,17,19)(H,18,20). The van der Waals surface area contributed by atoms with Crippen molar-refractivity contribution in [2.45, 2.75) is 6.92 Å². The molecule has 4 nitrogen and oxygen atoms in total. The Labute approximate surface area is 114 Å². The number of hydrogen-bond donors (Lipinski definition) is 2. The predicted octanol–water partition coefficient (Wildman–Crippen LogP) is 3.26. The average molecular weight is 269 g/mol. The Morgan fingerprint density at radius 2 is 2.15 bits per heavy atom. The van der Waals surface area contributed by atoms with Crippen LogP contribution in [0.4, 0.5) is 10.1 Å². The van der Waals surface area contributed by atoms with Gasteiger partial charge in [-0.2, -0.15) is 5.10 Å². The summed E-state index contributed by atoms with van der Waals surface area (Å²) >= 11 is 0. The lowest BCUT2D eigenvalue weighted by molar-refractivity contribution is 0.102. The van der Waals surface area contributed by atoms with E-state index in [0.717, 1.165) is 10.9 Å². The number of nitrogens with one attached hydrogen (secondary N) is 2. The third-order valence-corrected chi connectivity index (χ3v) is 3.16. The Balaban J connectivity index is 1.92. The predicted molar refractivity (Wildman–Crippen MR) is 75.2 cm³/mol. The molecule has 0 spiro atoms. The number of hydrogen-bond acceptors (Lipinski definition) is 2. The van der Waals surface area contributed by atoms with Crippen molar-refractivity contribution >= 4 is 22.5 Å². The fourth-order valence-corrected chi connectivity index (χ4v) is 2.05. The first-order chi connectivity index (χ1) is 9.65. The zero-order valence-electron chi connectivity index (χ0n) is 10.8. The summed E-state index contributed by atoms with van der Waals surface area (Å²) in [6.07, 6.45) is 1.68. The van der Waals surface area contributed by atoms with E-state index in [2.05, 4.69) is 15.5 Å². The zero-order valence-corrected chi connectivity index (χ0v) is 10.8. The molecule has 1 heterocycles. The molecule has 2 N–H and O–H groups in total. The van der Waals surface area contributed by atoms with Crippen LogP contribution in [-0.4, -0.2) is 16.1 Å². The van der Waals surface area contributed by atoms with Gasteiger partial charge in [0.05, 0.1) is 17.4 Å². The molecule has 0 radical (unpaired) electrons. The quantitative estimate of drug-likeness (QED) is 0.750. The van der Waals surface area contributed by atoms with Gasteiger partial charge in [-0.05, 0) is 30.7 Å². The maximum Gasteiger partial charge on any atom is 0.255 e. The molecule has 0 unspecified atom stereocenters. The summed E-state index contributed by atoms with van der Waals surface area (Å²) in [5, 5.41) is 10.2. The van der Waals surface area contributed by atoms with Gasteiger partial charge in [0.25, 0.3) is 5.91 Å². The molecule has 1 amide bonds. The maximum atomic E-state index is 13.7. The van der Waals surface area contributed by atoms with Crippen LogP contribution in [0.5, 0.6) is 0 Å². The summed E-state index contributed by atoms with van der Waals surface area (Å²) < 4.78 is 13.7. The molecule has 0 aliphatic carbocycles. The zero-order chi connectivity index (χ0) is 14.1. The molecular weight excluding hydrogens is 257 g/mol. The van der Waals surface area contributed by atoms with Crippen LogP contribution in [0.3, 0.4) is 0 Å². The number of rotatable bonds is 2. The van der Waals surface area contributed by atoms with Crippen LogP contribution in [0.2, 0.25) is 0 Å². The van der Waals surface area contributed by atoms with Gasteiger partial charge in [-0.1, -0.05) is 18.2 Å². The second-order valence-electron chi connectivity index (χ2n) is 4.56. The van der Waals surface area contributed by atoms with Crippen molar-refractivity contribution in [1.29, 1.82) is 0 Å². The molecule has 20 heavy (non-hydrogen) atoms. The SMILES string of the molecule is Cc1cccc(F)c1NC(=O)c1ccc2cn[nH]c2c1. The lowest BCUT2D eigenvalue weighted by Gasteiger charge is -2.09. The molecule has 0 saturated heterocycles. The lowest BCUT2D eigenvalue weighted by Crippen LogP contribution is -2.13. The van der Waals surface area contributed by atoms with E-state index in [1.165, 1.54) is 6.07 Å². The lowest BCUT2D eigenvalue weighted by atomic mass is 10.1. The number of nitrogens with zero attached hydrogens (tertiary/aromatic N) is 1. The van der Waals surface area contributed by atoms with Gasteiger partial charge < -0.3 is 5.32 Å². The van der Waals surface area contributed by atoms with E-state index in [1.807, 2.05) is 0 Å². The average Bonchev–Trinajstić information content (AvgIpc) is 2.90. The number of benzene rings is 2.